The van der Waals surface area contributed by atoms with Gasteiger partial charge < -0.3 is 9.84 Å². The van der Waals surface area contributed by atoms with Gasteiger partial charge in [0.2, 0.25) is 5.60 Å². The molecule has 4 rings (SSSR count). The second kappa shape index (κ2) is 9.54. The Morgan fingerprint density at radius 3 is 2.45 bits per heavy atom. The first-order chi connectivity index (χ1) is 15.8. The normalized spacial score (nSPS) is 21.0. The first kappa shape index (κ1) is 23.3. The van der Waals surface area contributed by atoms with Crippen LogP contribution in [0.25, 0.3) is 10.8 Å². The van der Waals surface area contributed by atoms with Crippen LogP contribution >= 0.6 is 0 Å². The summed E-state index contributed by atoms with van der Waals surface area (Å²) in [6.45, 7) is 5.68. The van der Waals surface area contributed by atoms with Crippen LogP contribution in [0.1, 0.15) is 75.8 Å². The topological polar surface area (TPSA) is 46.5 Å². The maximum atomic E-state index is 14.2. The Kier molecular flexibility index (Phi) is 6.73. The molecular weight excluding hydrogens is 415 g/mol. The van der Waals surface area contributed by atoms with Crippen LogP contribution in [-0.4, -0.2) is 16.7 Å². The van der Waals surface area contributed by atoms with Crippen molar-refractivity contribution in [2.24, 2.45) is 5.92 Å². The molecule has 1 aliphatic carbocycles. The minimum Gasteiger partial charge on any atom is -0.478 e. The van der Waals surface area contributed by atoms with Gasteiger partial charge in [0.1, 0.15) is 11.6 Å². The zero-order chi connectivity index (χ0) is 23.6. The fourth-order valence-corrected chi connectivity index (χ4v) is 5.27. The SMILES string of the molecule is CCC(C)(Oc1ccc([C@@H]2CC[C@H](C[C@H](C)c3ccc(F)c4ccccc34)C2)cc1)C(=O)O. The largest absolute Gasteiger partial charge is 0.478 e. The molecule has 0 heterocycles. The number of ether oxygens (including phenoxy) is 1. The Bertz CT molecular complexity index is 1120. The van der Waals surface area contributed by atoms with Gasteiger partial charge in [0.15, 0.2) is 0 Å². The van der Waals surface area contributed by atoms with Crippen LogP contribution in [-0.2, 0) is 4.79 Å². The highest BCUT2D eigenvalue weighted by Crippen LogP contribution is 2.43. The first-order valence-electron chi connectivity index (χ1n) is 12.0. The fourth-order valence-electron chi connectivity index (χ4n) is 5.27. The highest BCUT2D eigenvalue weighted by Gasteiger charge is 2.33. The number of aliphatic carboxylic acids is 1. The summed E-state index contributed by atoms with van der Waals surface area (Å²) in [5, 5.41) is 11.2. The number of hydrogen-bond donors (Lipinski definition) is 1. The van der Waals surface area contributed by atoms with Crippen molar-refractivity contribution in [2.45, 2.75) is 70.3 Å². The van der Waals surface area contributed by atoms with Gasteiger partial charge in [-0.3, -0.25) is 0 Å². The van der Waals surface area contributed by atoms with E-state index in [1.165, 1.54) is 17.5 Å². The Balaban J connectivity index is 1.40. The lowest BCUT2D eigenvalue weighted by Crippen LogP contribution is -2.40. The van der Waals surface area contributed by atoms with Crippen molar-refractivity contribution >= 4 is 16.7 Å². The third-order valence-electron chi connectivity index (χ3n) is 7.49. The molecule has 3 aromatic carbocycles. The Morgan fingerprint density at radius 2 is 1.79 bits per heavy atom. The van der Waals surface area contributed by atoms with Crippen LogP contribution in [0.5, 0.6) is 5.75 Å². The van der Waals surface area contributed by atoms with Crippen LogP contribution < -0.4 is 4.74 Å². The van der Waals surface area contributed by atoms with E-state index in [0.29, 0.717) is 35.3 Å². The summed E-state index contributed by atoms with van der Waals surface area (Å²) in [7, 11) is 0. The van der Waals surface area contributed by atoms with E-state index in [4.69, 9.17) is 4.74 Å². The van der Waals surface area contributed by atoms with Crippen molar-refractivity contribution in [3.05, 3.63) is 77.6 Å². The van der Waals surface area contributed by atoms with Crippen molar-refractivity contribution < 1.29 is 19.0 Å². The highest BCUT2D eigenvalue weighted by atomic mass is 19.1. The van der Waals surface area contributed by atoms with E-state index in [9.17, 15) is 14.3 Å². The zero-order valence-corrected chi connectivity index (χ0v) is 19.7. The van der Waals surface area contributed by atoms with Crippen molar-refractivity contribution in [2.75, 3.05) is 0 Å². The molecule has 3 aromatic rings. The van der Waals surface area contributed by atoms with Crippen molar-refractivity contribution in [1.82, 2.24) is 0 Å². The summed E-state index contributed by atoms with van der Waals surface area (Å²) in [5.74, 6) is 1.02. The van der Waals surface area contributed by atoms with Gasteiger partial charge in [-0.15, -0.1) is 0 Å². The van der Waals surface area contributed by atoms with E-state index < -0.39 is 11.6 Å². The summed E-state index contributed by atoms with van der Waals surface area (Å²) in [6.07, 6.45) is 4.99. The van der Waals surface area contributed by atoms with Crippen LogP contribution in [0.15, 0.2) is 60.7 Å². The van der Waals surface area contributed by atoms with E-state index >= 15 is 0 Å². The molecule has 0 radical (unpaired) electrons. The first-order valence-corrected chi connectivity index (χ1v) is 12.0. The monoisotopic (exact) mass is 448 g/mol. The molecule has 33 heavy (non-hydrogen) atoms. The number of carbonyl (C=O) groups is 1. The molecule has 3 nitrogen and oxygen atoms in total. The maximum absolute atomic E-state index is 14.2. The molecule has 0 aliphatic heterocycles. The number of carboxylic acids is 1. The number of hydrogen-bond acceptors (Lipinski definition) is 2. The Hall–Kier alpha value is -2.88. The van der Waals surface area contributed by atoms with E-state index in [1.807, 2.05) is 49.4 Å². The number of fused-ring (bicyclic) bond motifs is 1. The second-order valence-corrected chi connectivity index (χ2v) is 9.76. The van der Waals surface area contributed by atoms with Crippen molar-refractivity contribution in [3.63, 3.8) is 0 Å². The smallest absolute Gasteiger partial charge is 0.347 e. The lowest BCUT2D eigenvalue weighted by atomic mass is 9.86. The van der Waals surface area contributed by atoms with Gasteiger partial charge in [0.25, 0.3) is 0 Å². The van der Waals surface area contributed by atoms with Crippen molar-refractivity contribution in [3.8, 4) is 5.75 Å². The molecule has 1 unspecified atom stereocenters. The van der Waals surface area contributed by atoms with Crippen molar-refractivity contribution in [1.29, 1.82) is 0 Å². The molecule has 1 aliphatic rings. The van der Waals surface area contributed by atoms with Gasteiger partial charge in [0.05, 0.1) is 0 Å². The maximum Gasteiger partial charge on any atom is 0.347 e. The lowest BCUT2D eigenvalue weighted by molar-refractivity contribution is -0.154. The van der Waals surface area contributed by atoms with Crippen LogP contribution in [0.3, 0.4) is 0 Å². The molecule has 1 saturated carbocycles. The molecule has 0 bridgehead atoms. The number of halogens is 1. The Labute approximate surface area is 195 Å². The summed E-state index contributed by atoms with van der Waals surface area (Å²) >= 11 is 0. The predicted octanol–water partition coefficient (Wildman–Crippen LogP) is 7.69. The third kappa shape index (κ3) is 4.90. The minimum absolute atomic E-state index is 0.155. The lowest BCUT2D eigenvalue weighted by Gasteiger charge is -2.25. The van der Waals surface area contributed by atoms with Gasteiger partial charge in [-0.05, 0) is 91.5 Å². The molecule has 1 N–H and O–H groups in total. The number of rotatable bonds is 8. The summed E-state index contributed by atoms with van der Waals surface area (Å²) in [4.78, 5) is 11.5. The molecule has 0 spiro atoms. The van der Waals surface area contributed by atoms with E-state index in [-0.39, 0.29) is 5.82 Å². The van der Waals surface area contributed by atoms with Crippen LogP contribution in [0.4, 0.5) is 4.39 Å². The summed E-state index contributed by atoms with van der Waals surface area (Å²) in [5.41, 5.74) is 1.31. The van der Waals surface area contributed by atoms with E-state index in [1.54, 1.807) is 13.0 Å². The van der Waals surface area contributed by atoms with Crippen LogP contribution in [0, 0.1) is 11.7 Å². The second-order valence-electron chi connectivity index (χ2n) is 9.76. The van der Waals surface area contributed by atoms with Crippen LogP contribution in [0.2, 0.25) is 0 Å². The van der Waals surface area contributed by atoms with Gasteiger partial charge in [0, 0.05) is 5.39 Å². The number of benzene rings is 3. The minimum atomic E-state index is -1.21. The molecule has 174 valence electrons. The predicted molar refractivity (Wildman–Crippen MR) is 130 cm³/mol. The molecule has 0 saturated heterocycles. The molecular formula is C29H33FO3. The molecule has 0 amide bonds. The average molecular weight is 449 g/mol. The van der Waals surface area contributed by atoms with Gasteiger partial charge in [-0.1, -0.05) is 56.3 Å². The number of carboxylic acid groups (broad SMARTS) is 1. The average Bonchev–Trinajstić information content (AvgIpc) is 3.28. The standard InChI is InChI=1S/C29H33FO3/c1-4-29(3,28(31)32)33-23-13-11-21(12-14-23)22-10-9-20(18-22)17-19(2)24-15-16-27(30)26-8-6-5-7-25(24)26/h5-8,11-16,19-20,22H,4,9-10,17-18H2,1-3H3,(H,31,32)/t19-,20+,22+,29?/m0/s1. The molecule has 1 fully saturated rings. The van der Waals surface area contributed by atoms with Gasteiger partial charge in [-0.2, -0.15) is 0 Å². The zero-order valence-electron chi connectivity index (χ0n) is 19.7. The summed E-state index contributed by atoms with van der Waals surface area (Å²) in [6, 6.07) is 19.3. The molecule has 0 aromatic heterocycles. The molecule has 4 atom stereocenters. The quantitative estimate of drug-likeness (QED) is 0.384. The highest BCUT2D eigenvalue weighted by molar-refractivity contribution is 5.86. The third-order valence-corrected chi connectivity index (χ3v) is 7.49. The fraction of sp³-hybridized carbons (Fsp3) is 0.414. The summed E-state index contributed by atoms with van der Waals surface area (Å²) < 4.78 is 20.0. The van der Waals surface area contributed by atoms with E-state index in [2.05, 4.69) is 19.1 Å². The Morgan fingerprint density at radius 1 is 1.09 bits per heavy atom. The van der Waals surface area contributed by atoms with Gasteiger partial charge in [-0.25, -0.2) is 9.18 Å². The van der Waals surface area contributed by atoms with Gasteiger partial charge >= 0.3 is 5.97 Å². The molecule has 4 heteroatoms. The van der Waals surface area contributed by atoms with E-state index in [0.717, 1.165) is 24.6 Å².